The lowest BCUT2D eigenvalue weighted by atomic mass is 9.94. The van der Waals surface area contributed by atoms with Crippen LogP contribution >= 0.6 is 0 Å². The van der Waals surface area contributed by atoms with E-state index in [-0.39, 0.29) is 44.5 Å². The topological polar surface area (TPSA) is 272 Å². The molecule has 2 amide bonds. The van der Waals surface area contributed by atoms with Gasteiger partial charge in [-0.05, 0) is 44.4 Å². The summed E-state index contributed by atoms with van der Waals surface area (Å²) in [5.41, 5.74) is 0. The van der Waals surface area contributed by atoms with Crippen LogP contribution in [0.25, 0.3) is 0 Å². The van der Waals surface area contributed by atoms with Crippen molar-refractivity contribution in [3.63, 3.8) is 0 Å². The minimum Gasteiger partial charge on any atom is -0.462 e. The van der Waals surface area contributed by atoms with Crippen LogP contribution in [0.3, 0.4) is 0 Å². The van der Waals surface area contributed by atoms with Crippen molar-refractivity contribution in [1.29, 1.82) is 0 Å². The van der Waals surface area contributed by atoms with Gasteiger partial charge >= 0.3 is 17.9 Å². The Kier molecular flexibility index (Phi) is 59.1. The second-order valence-corrected chi connectivity index (χ2v) is 30.1. The monoisotopic (exact) mass is 1440 g/mol. The largest absolute Gasteiger partial charge is 0.462 e. The molecule has 13 atom stereocenters. The lowest BCUT2D eigenvalue weighted by molar-refractivity contribution is -0.299. The molecule has 6 N–H and O–H groups in total. The molecule has 0 radical (unpaired) electrons. The summed E-state index contributed by atoms with van der Waals surface area (Å²) in [5.74, 6) is -2.73. The van der Waals surface area contributed by atoms with Crippen LogP contribution in [-0.4, -0.2) is 143 Å². The molecule has 0 aliphatic carbocycles. The zero-order valence-electron chi connectivity index (χ0n) is 65.0. The molecule has 19 heteroatoms. The van der Waals surface area contributed by atoms with Gasteiger partial charge in [0.2, 0.25) is 11.8 Å². The molecule has 0 saturated carbocycles. The number of carbonyl (C=O) groups is 6. The fourth-order valence-electron chi connectivity index (χ4n) is 14.2. The molecule has 2 saturated heterocycles. The van der Waals surface area contributed by atoms with E-state index in [1.807, 2.05) is 6.92 Å². The van der Waals surface area contributed by atoms with E-state index in [2.05, 4.69) is 45.3 Å². The maximum absolute atomic E-state index is 14.8. The molecule has 2 fully saturated rings. The molecule has 0 spiro atoms. The van der Waals surface area contributed by atoms with Gasteiger partial charge in [-0.2, -0.15) is 0 Å². The lowest BCUT2D eigenvalue weighted by Gasteiger charge is -2.46. The number of unbranched alkanes of at least 4 members (excludes halogenated alkanes) is 42. The Bertz CT molecular complexity index is 2020. The quantitative estimate of drug-likeness (QED) is 0.0143. The van der Waals surface area contributed by atoms with Crippen LogP contribution in [0.4, 0.5) is 0 Å². The summed E-state index contributed by atoms with van der Waals surface area (Å²) in [5, 5.41) is 50.9. The molecule has 0 bridgehead atoms. The summed E-state index contributed by atoms with van der Waals surface area (Å²) in [6, 6.07) is -2.92. The van der Waals surface area contributed by atoms with Crippen LogP contribution in [0, 0.1) is 5.92 Å². The Hall–Kier alpha value is -3.46. The third-order valence-electron chi connectivity index (χ3n) is 20.6. The van der Waals surface area contributed by atoms with Gasteiger partial charge < -0.3 is 64.2 Å². The molecule has 2 heterocycles. The first-order chi connectivity index (χ1) is 49.2. The highest BCUT2D eigenvalue weighted by Crippen LogP contribution is 2.31. The molecular formula is C82H152N2O17. The maximum atomic E-state index is 14.8. The Morgan fingerprint density at radius 1 is 0.406 bits per heavy atom. The Balaban J connectivity index is 2.46. The molecule has 0 aromatic carbocycles. The number of ether oxygens (including phenoxy) is 7. The number of hydrogen-bond acceptors (Lipinski definition) is 17. The first kappa shape index (κ1) is 93.6. The Morgan fingerprint density at radius 2 is 0.762 bits per heavy atom. The second-order valence-electron chi connectivity index (χ2n) is 30.1. The number of nitrogens with one attached hydrogen (secondary N) is 2. The number of rotatable bonds is 69. The average molecular weight is 1440 g/mol. The van der Waals surface area contributed by atoms with Gasteiger partial charge in [0, 0.05) is 19.3 Å². The minimum absolute atomic E-state index is 0.0307. The summed E-state index contributed by atoms with van der Waals surface area (Å²) >= 11 is 0. The standard InChI is InChI=1S/C82H152N2O17/c1-7-12-17-22-27-32-33-38-43-48-53-58-73(90)98-67(56-51-46-41-36-30-25-20-15-10-4)61-74(91)101-80-76(84-71(88)60-66(55-50-45-40-35-29-24-19-14-9-3)97-72(89)57-52-47-42-37-31-26-21-16-11-5)82(100-68(62-85)79(80)96-64-86)95-63-69-77(92)78(93)75(81(94)99-69)83-70(87)59-65(6)54-49-44-39-34-28-23-18-13-8-2/h64-69,75-82,85,92-94H,7-63H2,1-6H3,(H,83,87)(H,84,88)/t65-,66-,67-,68?,69?,75?,76?,77?,78?,79?,80?,81?,82?/m1/s1. The summed E-state index contributed by atoms with van der Waals surface area (Å²) in [7, 11) is 0. The first-order valence-corrected chi connectivity index (χ1v) is 42.0. The third kappa shape index (κ3) is 47.0. The molecule has 0 aromatic heterocycles. The highest BCUT2D eigenvalue weighted by molar-refractivity contribution is 5.78. The molecule has 10 unspecified atom stereocenters. The summed E-state index contributed by atoms with van der Waals surface area (Å²) in [4.78, 5) is 82.5. The molecule has 19 nitrogen and oxygen atoms in total. The van der Waals surface area contributed by atoms with Gasteiger partial charge in [-0.3, -0.25) is 28.8 Å². The van der Waals surface area contributed by atoms with Crippen molar-refractivity contribution in [3.8, 4) is 0 Å². The van der Waals surface area contributed by atoms with E-state index in [4.69, 9.17) is 33.2 Å². The van der Waals surface area contributed by atoms with E-state index < -0.39 is 116 Å². The Labute approximate surface area is 613 Å². The number of aliphatic hydroxyl groups is 4. The molecule has 101 heavy (non-hydrogen) atoms. The van der Waals surface area contributed by atoms with Gasteiger partial charge in [-0.25, -0.2) is 0 Å². The molecule has 0 aromatic rings. The second kappa shape index (κ2) is 63.8. The van der Waals surface area contributed by atoms with Crippen molar-refractivity contribution in [1.82, 2.24) is 10.6 Å². The smallest absolute Gasteiger partial charge is 0.310 e. The highest BCUT2D eigenvalue weighted by atomic mass is 16.7. The van der Waals surface area contributed by atoms with Crippen LogP contribution in [-0.2, 0) is 61.9 Å². The van der Waals surface area contributed by atoms with Gasteiger partial charge in [0.1, 0.15) is 48.7 Å². The van der Waals surface area contributed by atoms with Gasteiger partial charge in [0.25, 0.3) is 6.47 Å². The average Bonchev–Trinajstić information content (AvgIpc) is 0.789. The van der Waals surface area contributed by atoms with E-state index in [0.29, 0.717) is 38.5 Å². The van der Waals surface area contributed by atoms with E-state index >= 15 is 0 Å². The van der Waals surface area contributed by atoms with Crippen LogP contribution in [0.15, 0.2) is 0 Å². The van der Waals surface area contributed by atoms with Crippen LogP contribution in [0.1, 0.15) is 395 Å². The van der Waals surface area contributed by atoms with Crippen LogP contribution < -0.4 is 10.6 Å². The summed E-state index contributed by atoms with van der Waals surface area (Å²) < 4.78 is 42.6. The van der Waals surface area contributed by atoms with Crippen molar-refractivity contribution in [2.45, 2.75) is 468 Å². The van der Waals surface area contributed by atoms with E-state index in [1.54, 1.807) is 0 Å². The highest BCUT2D eigenvalue weighted by Gasteiger charge is 2.52. The van der Waals surface area contributed by atoms with Gasteiger partial charge in [0.05, 0.1) is 26.1 Å². The molecular weight excluding hydrogens is 1280 g/mol. The van der Waals surface area contributed by atoms with Crippen molar-refractivity contribution >= 4 is 36.2 Å². The number of aliphatic hydroxyl groups excluding tert-OH is 4. The normalized spacial score (nSPS) is 21.5. The minimum atomic E-state index is -1.80. The molecule has 2 aliphatic heterocycles. The number of amides is 2. The summed E-state index contributed by atoms with van der Waals surface area (Å²) in [6.07, 6.45) is 38.6. The van der Waals surface area contributed by atoms with Gasteiger partial charge in [0.15, 0.2) is 24.8 Å². The Morgan fingerprint density at radius 3 is 1.16 bits per heavy atom. The number of carbonyl (C=O) groups excluding carboxylic acids is 6. The zero-order chi connectivity index (χ0) is 73.8. The fourth-order valence-corrected chi connectivity index (χ4v) is 14.2. The van der Waals surface area contributed by atoms with Crippen molar-refractivity contribution in [2.75, 3.05) is 13.2 Å². The van der Waals surface area contributed by atoms with E-state index in [0.717, 1.165) is 116 Å². The maximum Gasteiger partial charge on any atom is 0.310 e. The van der Waals surface area contributed by atoms with Gasteiger partial charge in [-0.1, -0.05) is 324 Å². The third-order valence-corrected chi connectivity index (χ3v) is 20.6. The van der Waals surface area contributed by atoms with Crippen molar-refractivity contribution < 1.29 is 82.4 Å². The van der Waals surface area contributed by atoms with Crippen molar-refractivity contribution in [2.24, 2.45) is 5.92 Å². The van der Waals surface area contributed by atoms with E-state index in [9.17, 15) is 49.2 Å². The molecule has 2 aliphatic rings. The SMILES string of the molecule is CCCCCCCCCCCCCC(=O)O[C@H](CCCCCCCCCCC)CC(=O)OC1C(NC(=O)C[C@@H](CCCCCCCCCCC)OC(=O)CCCCCCCCCCC)C(OCC2OC(O)C(NC(=O)C[C@H](C)CCCCCCCCCCC)C(O)C2O)OC(CO)C1OC=O. The first-order valence-electron chi connectivity index (χ1n) is 42.0. The molecule has 2 rings (SSSR count). The van der Waals surface area contributed by atoms with Crippen LogP contribution in [0.2, 0.25) is 0 Å². The number of esters is 3. The lowest BCUT2D eigenvalue weighted by Crippen LogP contribution is -2.67. The number of hydrogen-bond donors (Lipinski definition) is 6. The van der Waals surface area contributed by atoms with Crippen LogP contribution in [0.5, 0.6) is 0 Å². The predicted molar refractivity (Wildman–Crippen MR) is 400 cm³/mol. The summed E-state index contributed by atoms with van der Waals surface area (Å²) in [6.45, 7) is 11.7. The zero-order valence-corrected chi connectivity index (χ0v) is 65.0. The molecule has 592 valence electrons. The van der Waals surface area contributed by atoms with Crippen molar-refractivity contribution in [3.05, 3.63) is 0 Å². The predicted octanol–water partition coefficient (Wildman–Crippen LogP) is 17.6. The van der Waals surface area contributed by atoms with Gasteiger partial charge in [-0.15, -0.1) is 0 Å². The van der Waals surface area contributed by atoms with E-state index in [1.165, 1.54) is 167 Å². The fraction of sp³-hybridized carbons (Fsp3) is 0.927.